The van der Waals surface area contributed by atoms with Gasteiger partial charge in [-0.1, -0.05) is 18.2 Å². The molecule has 1 amide bonds. The maximum Gasteiger partial charge on any atom is 0.267 e. The number of aromatic nitrogens is 1. The topological polar surface area (TPSA) is 147 Å². The Morgan fingerprint density at radius 1 is 1.05 bits per heavy atom. The van der Waals surface area contributed by atoms with Crippen molar-refractivity contribution >= 4 is 34.2 Å². The van der Waals surface area contributed by atoms with E-state index in [4.69, 9.17) is 4.74 Å². The van der Waals surface area contributed by atoms with E-state index in [1.54, 1.807) is 6.92 Å². The van der Waals surface area contributed by atoms with Gasteiger partial charge in [0, 0.05) is 48.4 Å². The molecule has 1 aliphatic heterocycles. The van der Waals surface area contributed by atoms with Crippen LogP contribution >= 0.6 is 0 Å². The number of nitrogens with zero attached hydrogens (tertiary/aromatic N) is 1. The molecule has 2 aliphatic rings. The number of amides is 1. The predicted octanol–water partition coefficient (Wildman–Crippen LogP) is 3.08. The molecular formula is C30H29N3O7. The van der Waals surface area contributed by atoms with Crippen LogP contribution in [0.1, 0.15) is 52.7 Å². The van der Waals surface area contributed by atoms with E-state index < -0.39 is 28.5 Å². The number of ketones is 3. The summed E-state index contributed by atoms with van der Waals surface area (Å²) in [6.45, 7) is 6.21. The second-order valence-corrected chi connectivity index (χ2v) is 10.2. The van der Waals surface area contributed by atoms with Gasteiger partial charge in [-0.2, -0.15) is 0 Å². The summed E-state index contributed by atoms with van der Waals surface area (Å²) in [6.07, 6.45) is 1.17. The molecule has 0 saturated heterocycles. The molecule has 1 unspecified atom stereocenters. The number of carbonyl (C=O) groups excluding carboxylic acids is 4. The van der Waals surface area contributed by atoms with E-state index in [1.165, 1.54) is 26.8 Å². The third-order valence-electron chi connectivity index (χ3n) is 7.74. The maximum atomic E-state index is 13.9. The van der Waals surface area contributed by atoms with Crippen molar-refractivity contribution in [3.8, 4) is 17.2 Å². The summed E-state index contributed by atoms with van der Waals surface area (Å²) in [5, 5.41) is 28.2. The Balaban J connectivity index is 1.38. The van der Waals surface area contributed by atoms with Crippen LogP contribution in [0.5, 0.6) is 17.2 Å². The molecule has 1 aliphatic carbocycles. The molecule has 0 saturated carbocycles. The molecule has 5 rings (SSSR count). The van der Waals surface area contributed by atoms with Crippen LogP contribution in [0.2, 0.25) is 0 Å². The highest BCUT2D eigenvalue weighted by atomic mass is 16.5. The number of aryl methyl sites for hydroxylation is 1. The van der Waals surface area contributed by atoms with Crippen molar-refractivity contribution in [2.24, 2.45) is 7.05 Å². The zero-order valence-electron chi connectivity index (χ0n) is 22.8. The van der Waals surface area contributed by atoms with Crippen molar-refractivity contribution in [1.29, 1.82) is 0 Å². The molecule has 1 aromatic heterocycles. The Kier molecular flexibility index (Phi) is 6.29. The van der Waals surface area contributed by atoms with E-state index in [1.807, 2.05) is 41.9 Å². The molecule has 10 nitrogen and oxygen atoms in total. The molecule has 0 radical (unpaired) electrons. The lowest BCUT2D eigenvalue weighted by Crippen LogP contribution is -2.41. The Bertz CT molecular complexity index is 1730. The number of hydrogen-bond donors (Lipinski definition) is 4. The Morgan fingerprint density at radius 2 is 1.73 bits per heavy atom. The summed E-state index contributed by atoms with van der Waals surface area (Å²) in [4.78, 5) is 52.0. The Morgan fingerprint density at radius 3 is 2.40 bits per heavy atom. The number of rotatable bonds is 6. The average molecular weight is 544 g/mol. The zero-order chi connectivity index (χ0) is 29.1. The SMILES string of the molecule is CC(=O)c1c(O)c(C)c(O)c2c1OC1=CC(=O)C(=C(C)NCCNC(=O)c3cc4ccccc4n3C)C(=O)C12C. The maximum absolute atomic E-state index is 13.9. The second-order valence-electron chi connectivity index (χ2n) is 10.2. The van der Waals surface area contributed by atoms with Gasteiger partial charge in [-0.15, -0.1) is 0 Å². The van der Waals surface area contributed by atoms with Gasteiger partial charge in [-0.05, 0) is 39.8 Å². The molecule has 10 heteroatoms. The molecule has 3 aromatic rings. The Hall–Kier alpha value is -4.86. The summed E-state index contributed by atoms with van der Waals surface area (Å²) in [7, 11) is 1.82. The van der Waals surface area contributed by atoms with Crippen LogP contribution in [0.25, 0.3) is 10.9 Å². The number of ether oxygens (including phenoxy) is 1. The zero-order valence-corrected chi connectivity index (χ0v) is 22.8. The number of aromatic hydroxyl groups is 2. The molecule has 4 N–H and O–H groups in total. The van der Waals surface area contributed by atoms with Gasteiger partial charge in [-0.25, -0.2) is 0 Å². The minimum atomic E-state index is -1.59. The van der Waals surface area contributed by atoms with Gasteiger partial charge in [0.1, 0.15) is 39.7 Å². The first-order valence-electron chi connectivity index (χ1n) is 12.8. The number of phenolic OH excluding ortho intramolecular Hbond substituents is 2. The monoisotopic (exact) mass is 543 g/mol. The number of benzene rings is 2. The first-order valence-corrected chi connectivity index (χ1v) is 12.8. The van der Waals surface area contributed by atoms with Gasteiger partial charge in [0.05, 0.1) is 11.1 Å². The van der Waals surface area contributed by atoms with E-state index in [0.29, 0.717) is 11.4 Å². The summed E-state index contributed by atoms with van der Waals surface area (Å²) in [6, 6.07) is 9.48. The smallest absolute Gasteiger partial charge is 0.267 e. The molecule has 2 aromatic carbocycles. The van der Waals surface area contributed by atoms with Crippen LogP contribution in [0.4, 0.5) is 0 Å². The standard InChI is InChI=1S/C30H29N3O7/c1-14-25(36)23(16(3)34)27-24(26(14)37)30(4)21(40-27)13-20(35)22(28(30)38)15(2)31-10-11-32-29(39)19-12-17-8-6-7-9-18(17)33(19)5/h6-9,12-13,31,36-37H,10-11H2,1-5H3,(H,32,39). The highest BCUT2D eigenvalue weighted by Crippen LogP contribution is 2.57. The van der Waals surface area contributed by atoms with Gasteiger partial charge in [0.25, 0.3) is 5.91 Å². The Labute approximate surface area is 229 Å². The van der Waals surface area contributed by atoms with Crippen molar-refractivity contribution in [2.45, 2.75) is 33.1 Å². The summed E-state index contributed by atoms with van der Waals surface area (Å²) >= 11 is 0. The van der Waals surface area contributed by atoms with Gasteiger partial charge < -0.3 is 30.2 Å². The van der Waals surface area contributed by atoms with Crippen LogP contribution in [0.15, 0.2) is 53.4 Å². The van der Waals surface area contributed by atoms with Crippen LogP contribution in [-0.4, -0.2) is 51.1 Å². The fraction of sp³-hybridized carbons (Fsp3) is 0.267. The third kappa shape index (κ3) is 3.78. The van der Waals surface area contributed by atoms with Crippen molar-refractivity contribution < 1.29 is 34.1 Å². The highest BCUT2D eigenvalue weighted by molar-refractivity contribution is 6.31. The molecule has 40 heavy (non-hydrogen) atoms. The van der Waals surface area contributed by atoms with Crippen LogP contribution in [0.3, 0.4) is 0 Å². The molecule has 2 heterocycles. The van der Waals surface area contributed by atoms with E-state index in [-0.39, 0.29) is 58.5 Å². The van der Waals surface area contributed by atoms with Gasteiger partial charge >= 0.3 is 0 Å². The number of hydrogen-bond acceptors (Lipinski definition) is 8. The van der Waals surface area contributed by atoms with Gasteiger partial charge in [0.2, 0.25) is 0 Å². The lowest BCUT2D eigenvalue weighted by molar-refractivity contribution is -0.123. The average Bonchev–Trinajstić information content (AvgIpc) is 3.40. The number of carbonyl (C=O) groups is 4. The molecular weight excluding hydrogens is 514 g/mol. The van der Waals surface area contributed by atoms with Gasteiger partial charge in [0.15, 0.2) is 17.3 Å². The second kappa shape index (κ2) is 9.41. The van der Waals surface area contributed by atoms with Crippen LogP contribution < -0.4 is 15.4 Å². The van der Waals surface area contributed by atoms with Crippen LogP contribution in [-0.2, 0) is 22.1 Å². The van der Waals surface area contributed by atoms with E-state index in [0.717, 1.165) is 10.9 Å². The lowest BCUT2D eigenvalue weighted by Gasteiger charge is -2.29. The largest absolute Gasteiger partial charge is 0.507 e. The molecule has 206 valence electrons. The highest BCUT2D eigenvalue weighted by Gasteiger charge is 2.56. The number of Topliss-reactive ketones (excluding diaryl/α,β-unsaturated/α-hetero) is 2. The van der Waals surface area contributed by atoms with Crippen molar-refractivity contribution in [1.82, 2.24) is 15.2 Å². The van der Waals surface area contributed by atoms with E-state index >= 15 is 0 Å². The van der Waals surface area contributed by atoms with Crippen molar-refractivity contribution in [2.75, 3.05) is 13.1 Å². The van der Waals surface area contributed by atoms with Crippen LogP contribution in [0, 0.1) is 6.92 Å². The molecule has 1 atom stereocenters. The number of allylic oxidation sites excluding steroid dienone is 4. The van der Waals surface area contributed by atoms with E-state index in [2.05, 4.69) is 10.6 Å². The number of fused-ring (bicyclic) bond motifs is 4. The molecule has 0 fully saturated rings. The number of para-hydroxylation sites is 1. The normalized spacial score (nSPS) is 19.1. The quantitative estimate of drug-likeness (QED) is 0.161. The van der Waals surface area contributed by atoms with E-state index in [9.17, 15) is 29.4 Å². The van der Waals surface area contributed by atoms with Crippen molar-refractivity contribution in [3.63, 3.8) is 0 Å². The minimum absolute atomic E-state index is 0.0286. The summed E-state index contributed by atoms with van der Waals surface area (Å²) in [5.74, 6) is -2.97. The number of nitrogens with one attached hydrogen (secondary N) is 2. The summed E-state index contributed by atoms with van der Waals surface area (Å²) in [5.41, 5.74) is -0.0819. The fourth-order valence-corrected chi connectivity index (χ4v) is 5.47. The summed E-state index contributed by atoms with van der Waals surface area (Å²) < 4.78 is 7.59. The third-order valence-corrected chi connectivity index (χ3v) is 7.74. The fourth-order valence-electron chi connectivity index (χ4n) is 5.47. The minimum Gasteiger partial charge on any atom is -0.507 e. The van der Waals surface area contributed by atoms with Gasteiger partial charge in [-0.3, -0.25) is 19.2 Å². The first kappa shape index (κ1) is 26.7. The molecule has 0 spiro atoms. The van der Waals surface area contributed by atoms with Crippen molar-refractivity contribution in [3.05, 3.63) is 75.8 Å². The number of phenols is 2. The molecule has 0 bridgehead atoms. The predicted molar refractivity (Wildman–Crippen MR) is 147 cm³/mol. The first-order chi connectivity index (χ1) is 18.9. The lowest BCUT2D eigenvalue weighted by atomic mass is 9.70.